The molecular formula is C22H24ClN3O5S. The van der Waals surface area contributed by atoms with Crippen molar-refractivity contribution in [3.63, 3.8) is 0 Å². The van der Waals surface area contributed by atoms with E-state index in [1.807, 2.05) is 19.1 Å². The van der Waals surface area contributed by atoms with Crippen LogP contribution in [0.3, 0.4) is 0 Å². The van der Waals surface area contributed by atoms with Crippen LogP contribution in [-0.2, 0) is 24.3 Å². The number of nitrogens with one attached hydrogen (secondary N) is 1. The number of ether oxygens (including phenoxy) is 1. The lowest BCUT2D eigenvalue weighted by atomic mass is 10.1. The van der Waals surface area contributed by atoms with Gasteiger partial charge in [-0.25, -0.2) is 8.42 Å². The summed E-state index contributed by atoms with van der Waals surface area (Å²) in [6.07, 6.45) is 0.0980. The first-order valence-electron chi connectivity index (χ1n) is 10.3. The van der Waals surface area contributed by atoms with Crippen LogP contribution in [0.2, 0.25) is 5.02 Å². The molecule has 1 atom stereocenters. The largest absolute Gasteiger partial charge is 0.379 e. The van der Waals surface area contributed by atoms with E-state index in [9.17, 15) is 18.0 Å². The van der Waals surface area contributed by atoms with Crippen molar-refractivity contribution in [1.82, 2.24) is 4.31 Å². The minimum Gasteiger partial charge on any atom is -0.379 e. The lowest BCUT2D eigenvalue weighted by Crippen LogP contribution is -2.40. The second kappa shape index (κ2) is 9.19. The SMILES string of the molecule is Cc1ccc(N2C[C@H](C(=O)Nc3ccc(S(=O)(=O)N4CCOCC4)cc3)CC2=O)cc1Cl. The topological polar surface area (TPSA) is 96.0 Å². The lowest BCUT2D eigenvalue weighted by molar-refractivity contribution is -0.122. The second-order valence-electron chi connectivity index (χ2n) is 7.87. The van der Waals surface area contributed by atoms with Gasteiger partial charge in [-0.15, -0.1) is 0 Å². The van der Waals surface area contributed by atoms with Crippen molar-refractivity contribution in [2.75, 3.05) is 43.1 Å². The Morgan fingerprint density at radius 1 is 1.12 bits per heavy atom. The van der Waals surface area contributed by atoms with Crippen LogP contribution in [-0.4, -0.2) is 57.4 Å². The molecule has 10 heteroatoms. The number of anilines is 2. The maximum atomic E-state index is 12.7. The summed E-state index contributed by atoms with van der Waals surface area (Å²) >= 11 is 6.17. The Morgan fingerprint density at radius 2 is 1.81 bits per heavy atom. The molecule has 0 spiro atoms. The van der Waals surface area contributed by atoms with Crippen LogP contribution in [0.25, 0.3) is 0 Å². The van der Waals surface area contributed by atoms with Gasteiger partial charge in [0.25, 0.3) is 0 Å². The third-order valence-corrected chi connectivity index (χ3v) is 8.01. The third-order valence-electron chi connectivity index (χ3n) is 5.69. The summed E-state index contributed by atoms with van der Waals surface area (Å²) < 4.78 is 32.0. The number of aryl methyl sites for hydroxylation is 1. The maximum Gasteiger partial charge on any atom is 0.243 e. The summed E-state index contributed by atoms with van der Waals surface area (Å²) in [6.45, 7) is 3.52. The predicted octanol–water partition coefficient (Wildman–Crippen LogP) is 2.66. The normalized spacial score (nSPS) is 19.9. The van der Waals surface area contributed by atoms with Gasteiger partial charge in [0.1, 0.15) is 0 Å². The Labute approximate surface area is 192 Å². The Hall–Kier alpha value is -2.46. The summed E-state index contributed by atoms with van der Waals surface area (Å²) in [4.78, 5) is 26.9. The smallest absolute Gasteiger partial charge is 0.243 e. The molecule has 0 radical (unpaired) electrons. The average Bonchev–Trinajstić information content (AvgIpc) is 3.18. The van der Waals surface area contributed by atoms with Crippen LogP contribution in [0.15, 0.2) is 47.4 Å². The highest BCUT2D eigenvalue weighted by Crippen LogP contribution is 2.29. The molecule has 1 N–H and O–H groups in total. The summed E-state index contributed by atoms with van der Waals surface area (Å²) in [5.41, 5.74) is 2.05. The molecule has 2 amide bonds. The molecule has 2 aliphatic rings. The second-order valence-corrected chi connectivity index (χ2v) is 10.2. The van der Waals surface area contributed by atoms with Crippen molar-refractivity contribution in [2.45, 2.75) is 18.2 Å². The predicted molar refractivity (Wildman–Crippen MR) is 121 cm³/mol. The van der Waals surface area contributed by atoms with Gasteiger partial charge in [-0.1, -0.05) is 17.7 Å². The molecule has 2 heterocycles. The number of halogens is 1. The van der Waals surface area contributed by atoms with Crippen molar-refractivity contribution in [3.8, 4) is 0 Å². The minimum absolute atomic E-state index is 0.0980. The number of nitrogens with zero attached hydrogens (tertiary/aromatic N) is 2. The van der Waals surface area contributed by atoms with Crippen molar-refractivity contribution in [3.05, 3.63) is 53.1 Å². The van der Waals surface area contributed by atoms with Gasteiger partial charge in [0, 0.05) is 42.5 Å². The number of sulfonamides is 1. The Morgan fingerprint density at radius 3 is 2.47 bits per heavy atom. The number of amides is 2. The Bertz CT molecular complexity index is 1130. The molecule has 4 rings (SSSR count). The molecule has 2 aromatic carbocycles. The Balaban J connectivity index is 1.41. The molecule has 2 fully saturated rings. The zero-order chi connectivity index (χ0) is 22.9. The van der Waals surface area contributed by atoms with Gasteiger partial charge in [-0.2, -0.15) is 4.31 Å². The highest BCUT2D eigenvalue weighted by molar-refractivity contribution is 7.89. The molecule has 8 nitrogen and oxygen atoms in total. The summed E-state index contributed by atoms with van der Waals surface area (Å²) in [5, 5.41) is 3.35. The van der Waals surface area contributed by atoms with E-state index in [1.54, 1.807) is 23.1 Å². The van der Waals surface area contributed by atoms with E-state index in [0.29, 0.717) is 42.7 Å². The van der Waals surface area contributed by atoms with Gasteiger partial charge in [0.15, 0.2) is 0 Å². The summed E-state index contributed by atoms with van der Waals surface area (Å²) in [6, 6.07) is 11.4. The number of carbonyl (C=O) groups is 2. The van der Waals surface area contributed by atoms with Crippen molar-refractivity contribution < 1.29 is 22.7 Å². The van der Waals surface area contributed by atoms with E-state index in [1.165, 1.54) is 16.4 Å². The molecule has 0 aromatic heterocycles. The van der Waals surface area contributed by atoms with E-state index in [2.05, 4.69) is 5.32 Å². The van der Waals surface area contributed by atoms with Gasteiger partial charge in [-0.3, -0.25) is 9.59 Å². The van der Waals surface area contributed by atoms with Gasteiger partial charge >= 0.3 is 0 Å². The van der Waals surface area contributed by atoms with Gasteiger partial charge < -0.3 is 15.0 Å². The van der Waals surface area contributed by atoms with Gasteiger partial charge in [-0.05, 0) is 48.9 Å². The number of rotatable bonds is 5. The molecule has 170 valence electrons. The number of benzene rings is 2. The zero-order valence-corrected chi connectivity index (χ0v) is 19.2. The van der Waals surface area contributed by atoms with Crippen LogP contribution >= 0.6 is 11.6 Å². The van der Waals surface area contributed by atoms with E-state index in [-0.39, 0.29) is 29.7 Å². The monoisotopic (exact) mass is 477 g/mol. The van der Waals surface area contributed by atoms with E-state index in [4.69, 9.17) is 16.3 Å². The van der Waals surface area contributed by atoms with E-state index >= 15 is 0 Å². The fourth-order valence-corrected chi connectivity index (χ4v) is 5.36. The van der Waals surface area contributed by atoms with Crippen LogP contribution < -0.4 is 10.2 Å². The standard InChI is InChI=1S/C22H24ClN3O5S/c1-15-2-5-18(13-20(15)23)26-14-16(12-21(26)27)22(28)24-17-3-6-19(7-4-17)32(29,30)25-8-10-31-11-9-25/h2-7,13,16H,8-12,14H2,1H3,(H,24,28)/t16-/m1/s1. The van der Waals surface area contributed by atoms with Crippen molar-refractivity contribution >= 4 is 44.8 Å². The van der Waals surface area contributed by atoms with Crippen LogP contribution in [0, 0.1) is 12.8 Å². The molecule has 0 unspecified atom stereocenters. The minimum atomic E-state index is -3.60. The van der Waals surface area contributed by atoms with E-state index in [0.717, 1.165) is 5.56 Å². The lowest BCUT2D eigenvalue weighted by Gasteiger charge is -2.26. The summed E-state index contributed by atoms with van der Waals surface area (Å²) in [5.74, 6) is -0.945. The van der Waals surface area contributed by atoms with Crippen LogP contribution in [0.4, 0.5) is 11.4 Å². The molecule has 2 saturated heterocycles. The first-order valence-corrected chi connectivity index (χ1v) is 12.1. The van der Waals surface area contributed by atoms with Crippen LogP contribution in [0.1, 0.15) is 12.0 Å². The third kappa shape index (κ3) is 4.66. The number of carbonyl (C=O) groups excluding carboxylic acids is 2. The average molecular weight is 478 g/mol. The number of hydrogen-bond acceptors (Lipinski definition) is 5. The number of hydrogen-bond donors (Lipinski definition) is 1. The first-order chi connectivity index (χ1) is 15.3. The maximum absolute atomic E-state index is 12.7. The van der Waals surface area contributed by atoms with Crippen LogP contribution in [0.5, 0.6) is 0 Å². The number of morpholine rings is 1. The fourth-order valence-electron chi connectivity index (χ4n) is 3.77. The molecule has 0 saturated carbocycles. The van der Waals surface area contributed by atoms with Crippen molar-refractivity contribution in [1.29, 1.82) is 0 Å². The first kappa shape index (κ1) is 22.7. The van der Waals surface area contributed by atoms with E-state index < -0.39 is 15.9 Å². The van der Waals surface area contributed by atoms with Crippen molar-refractivity contribution in [2.24, 2.45) is 5.92 Å². The zero-order valence-electron chi connectivity index (χ0n) is 17.6. The molecule has 0 aliphatic carbocycles. The highest BCUT2D eigenvalue weighted by atomic mass is 35.5. The molecular weight excluding hydrogens is 454 g/mol. The highest BCUT2D eigenvalue weighted by Gasteiger charge is 2.35. The summed E-state index contributed by atoms with van der Waals surface area (Å²) in [7, 11) is -3.60. The molecule has 2 aromatic rings. The molecule has 32 heavy (non-hydrogen) atoms. The quantitative estimate of drug-likeness (QED) is 0.714. The fraction of sp³-hybridized carbons (Fsp3) is 0.364. The molecule has 2 aliphatic heterocycles. The Kier molecular flexibility index (Phi) is 6.52. The molecule has 0 bridgehead atoms. The van der Waals surface area contributed by atoms with Gasteiger partial charge in [0.05, 0.1) is 24.0 Å². The van der Waals surface area contributed by atoms with Gasteiger partial charge in [0.2, 0.25) is 21.8 Å².